The Morgan fingerprint density at radius 1 is 0.923 bits per heavy atom. The van der Waals surface area contributed by atoms with Gasteiger partial charge in [-0.2, -0.15) is 0 Å². The number of carbonyl (C=O) groups excluding carboxylic acids is 2. The van der Waals surface area contributed by atoms with Crippen molar-refractivity contribution in [1.29, 1.82) is 0 Å². The Balaban J connectivity index is 1.53. The number of hydrogen-bond donors (Lipinski definition) is 1. The van der Waals surface area contributed by atoms with E-state index in [-0.39, 0.29) is 17.5 Å². The maximum Gasteiger partial charge on any atom is 0.179 e. The van der Waals surface area contributed by atoms with Crippen LogP contribution in [-0.2, 0) is 9.59 Å². The minimum absolute atomic E-state index is 0.0662. The van der Waals surface area contributed by atoms with Crippen LogP contribution >= 0.6 is 0 Å². The first-order valence-electron chi connectivity index (χ1n) is 14.7. The van der Waals surface area contributed by atoms with Crippen molar-refractivity contribution >= 4 is 28.9 Å². The maximum absolute atomic E-state index is 14.1. The van der Waals surface area contributed by atoms with Gasteiger partial charge in [-0.05, 0) is 72.0 Å². The zero-order valence-electron chi connectivity index (χ0n) is 24.0. The molecule has 0 aromatic carbocycles. The van der Waals surface area contributed by atoms with Gasteiger partial charge >= 0.3 is 0 Å². The van der Waals surface area contributed by atoms with E-state index < -0.39 is 5.41 Å². The van der Waals surface area contributed by atoms with Crippen molar-refractivity contribution in [1.82, 2.24) is 19.8 Å². The number of ketones is 2. The second-order valence-electron chi connectivity index (χ2n) is 12.2. The highest BCUT2D eigenvalue weighted by molar-refractivity contribution is 6.17. The molecule has 3 heterocycles. The number of allylic oxidation sites excluding steroid dienone is 2. The summed E-state index contributed by atoms with van der Waals surface area (Å²) in [5.41, 5.74) is 7.76. The first-order chi connectivity index (χ1) is 18.7. The third-order valence-corrected chi connectivity index (χ3v) is 9.42. The summed E-state index contributed by atoms with van der Waals surface area (Å²) >= 11 is 0. The van der Waals surface area contributed by atoms with Gasteiger partial charge in [-0.3, -0.25) is 9.59 Å². The van der Waals surface area contributed by atoms with Crippen molar-refractivity contribution in [2.24, 2.45) is 17.1 Å². The topological polar surface area (TPSA) is 98.9 Å². The predicted molar refractivity (Wildman–Crippen MR) is 156 cm³/mol. The summed E-state index contributed by atoms with van der Waals surface area (Å²) < 4.78 is 0. The number of nitrogens with zero attached hydrogens (tertiary/aromatic N) is 6. The van der Waals surface area contributed by atoms with E-state index in [1.807, 2.05) is 6.92 Å². The van der Waals surface area contributed by atoms with Gasteiger partial charge in [-0.1, -0.05) is 12.2 Å². The number of carbonyl (C=O) groups is 2. The molecule has 9 heteroatoms. The summed E-state index contributed by atoms with van der Waals surface area (Å²) in [6, 6.07) is 2.09. The Labute approximate surface area is 233 Å². The van der Waals surface area contributed by atoms with Gasteiger partial charge in [-0.15, -0.1) is 0 Å². The Morgan fingerprint density at radius 2 is 1.54 bits per heavy atom. The zero-order chi connectivity index (χ0) is 27.7. The van der Waals surface area contributed by atoms with Crippen LogP contribution in [0.4, 0.5) is 11.6 Å². The van der Waals surface area contributed by atoms with Crippen molar-refractivity contribution < 1.29 is 9.59 Å². The summed E-state index contributed by atoms with van der Waals surface area (Å²) in [5, 5.41) is 0. The van der Waals surface area contributed by atoms with Crippen molar-refractivity contribution in [3.05, 3.63) is 29.6 Å². The highest BCUT2D eigenvalue weighted by Gasteiger charge is 2.51. The van der Waals surface area contributed by atoms with Crippen molar-refractivity contribution in [2.75, 3.05) is 76.3 Å². The lowest BCUT2D eigenvalue weighted by Gasteiger charge is -2.42. The molecule has 2 N–H and O–H groups in total. The number of nitrogens with two attached hydrogens (primary N) is 1. The van der Waals surface area contributed by atoms with Crippen LogP contribution in [0.3, 0.4) is 0 Å². The molecule has 1 aromatic rings. The second kappa shape index (κ2) is 11.4. The molecular formula is C30H45N7O2. The van der Waals surface area contributed by atoms with Gasteiger partial charge in [0.25, 0.3) is 0 Å². The number of anilines is 2. The standard InChI is InChI=1S/C30H45N7O2/c1-21(2)22-8-9-24(38)30(20-22)10-5-7-23(28(30)39)27(31)29-32-25(36-12-6-11-34(3)13-16-36)19-26(33-29)37-17-14-35(4)15-18-37/h19,22H,1,5-18,20,31H2,2-4H3/b27-23-/t22?,30-/m0/s1. The molecule has 212 valence electrons. The number of aromatic nitrogens is 2. The highest BCUT2D eigenvalue weighted by atomic mass is 16.2. The number of piperazine rings is 1. The largest absolute Gasteiger partial charge is 0.395 e. The van der Waals surface area contributed by atoms with Crippen LogP contribution in [0.5, 0.6) is 0 Å². The van der Waals surface area contributed by atoms with Gasteiger partial charge in [0.05, 0.1) is 11.1 Å². The van der Waals surface area contributed by atoms with Crippen molar-refractivity contribution in [3.63, 3.8) is 0 Å². The molecule has 4 aliphatic rings. The minimum Gasteiger partial charge on any atom is -0.395 e. The summed E-state index contributed by atoms with van der Waals surface area (Å²) in [4.78, 5) is 46.6. The van der Waals surface area contributed by atoms with Crippen LogP contribution in [0, 0.1) is 11.3 Å². The van der Waals surface area contributed by atoms with E-state index >= 15 is 0 Å². The quantitative estimate of drug-likeness (QED) is 0.354. The Kier molecular flexibility index (Phi) is 8.10. The number of likely N-dealkylation sites (N-methyl/N-ethyl adjacent to an activating group) is 2. The monoisotopic (exact) mass is 535 g/mol. The first-order valence-corrected chi connectivity index (χ1v) is 14.7. The van der Waals surface area contributed by atoms with Crippen LogP contribution in [0.15, 0.2) is 23.8 Å². The van der Waals surface area contributed by atoms with E-state index in [1.165, 1.54) is 0 Å². The SMILES string of the molecule is C=C(C)C1CCC(=O)[C@]2(CCC/C(=C(/N)c3nc(N4CCCN(C)CC4)cc(N4CCN(C)CC4)n3)C2=O)C1. The predicted octanol–water partition coefficient (Wildman–Crippen LogP) is 2.72. The van der Waals surface area contributed by atoms with E-state index in [1.54, 1.807) is 0 Å². The molecule has 2 saturated heterocycles. The number of hydrogen-bond acceptors (Lipinski definition) is 9. The Hall–Kier alpha value is -2.78. The Morgan fingerprint density at radius 3 is 2.18 bits per heavy atom. The summed E-state index contributed by atoms with van der Waals surface area (Å²) in [6.07, 6.45) is 4.74. The van der Waals surface area contributed by atoms with Crippen LogP contribution < -0.4 is 15.5 Å². The highest BCUT2D eigenvalue weighted by Crippen LogP contribution is 2.48. The van der Waals surface area contributed by atoms with E-state index in [0.717, 1.165) is 88.8 Å². The molecule has 0 bridgehead atoms. The van der Waals surface area contributed by atoms with Crippen LogP contribution in [0.1, 0.15) is 57.7 Å². The molecule has 2 aliphatic heterocycles. The second-order valence-corrected chi connectivity index (χ2v) is 12.2. The van der Waals surface area contributed by atoms with Gasteiger partial charge in [0.1, 0.15) is 17.4 Å². The first kappa shape index (κ1) is 27.8. The molecule has 4 fully saturated rings. The number of rotatable bonds is 4. The molecule has 9 nitrogen and oxygen atoms in total. The molecular weight excluding hydrogens is 490 g/mol. The molecule has 39 heavy (non-hydrogen) atoms. The average Bonchev–Trinajstić information content (AvgIpc) is 3.15. The summed E-state index contributed by atoms with van der Waals surface area (Å²) in [7, 11) is 4.29. The molecule has 1 unspecified atom stereocenters. The third kappa shape index (κ3) is 5.61. The normalized spacial score (nSPS) is 29.1. The lowest BCUT2D eigenvalue weighted by atomic mass is 9.59. The van der Waals surface area contributed by atoms with Crippen LogP contribution in [0.25, 0.3) is 5.70 Å². The molecule has 1 aromatic heterocycles. The molecule has 2 atom stereocenters. The van der Waals surface area contributed by atoms with Gasteiger partial charge in [0.15, 0.2) is 11.6 Å². The van der Waals surface area contributed by atoms with Crippen molar-refractivity contribution in [3.8, 4) is 0 Å². The van der Waals surface area contributed by atoms with Crippen LogP contribution in [-0.4, -0.2) is 97.8 Å². The lowest BCUT2D eigenvalue weighted by molar-refractivity contribution is -0.144. The molecule has 2 saturated carbocycles. The minimum atomic E-state index is -0.979. The molecule has 2 aliphatic carbocycles. The van der Waals surface area contributed by atoms with E-state index in [9.17, 15) is 9.59 Å². The average molecular weight is 536 g/mol. The fourth-order valence-electron chi connectivity index (χ4n) is 6.71. The van der Waals surface area contributed by atoms with E-state index in [0.29, 0.717) is 42.8 Å². The molecule has 0 radical (unpaired) electrons. The summed E-state index contributed by atoms with van der Waals surface area (Å²) in [6.45, 7) is 13.7. The fourth-order valence-corrected chi connectivity index (χ4v) is 6.71. The fraction of sp³-hybridized carbons (Fsp3) is 0.667. The maximum atomic E-state index is 14.1. The van der Waals surface area contributed by atoms with Gasteiger partial charge in [0, 0.05) is 63.9 Å². The van der Waals surface area contributed by atoms with E-state index in [2.05, 4.69) is 46.3 Å². The molecule has 1 spiro atoms. The van der Waals surface area contributed by atoms with Crippen molar-refractivity contribution in [2.45, 2.75) is 51.9 Å². The Bertz CT molecular complexity index is 1160. The zero-order valence-corrected chi connectivity index (χ0v) is 24.0. The number of Topliss-reactive ketones (excluding diaryl/α,β-unsaturated/α-hetero) is 2. The van der Waals surface area contributed by atoms with Crippen LogP contribution in [0.2, 0.25) is 0 Å². The van der Waals surface area contributed by atoms with Gasteiger partial charge < -0.3 is 25.3 Å². The lowest BCUT2D eigenvalue weighted by Crippen LogP contribution is -2.47. The van der Waals surface area contributed by atoms with Gasteiger partial charge in [-0.25, -0.2) is 9.97 Å². The molecule has 5 rings (SSSR count). The summed E-state index contributed by atoms with van der Waals surface area (Å²) in [5.74, 6) is 2.29. The van der Waals surface area contributed by atoms with E-state index in [4.69, 9.17) is 15.7 Å². The smallest absolute Gasteiger partial charge is 0.179 e. The van der Waals surface area contributed by atoms with Gasteiger partial charge in [0.2, 0.25) is 0 Å². The third-order valence-electron chi connectivity index (χ3n) is 9.42. The molecule has 0 amide bonds.